The molecule has 2 aromatic carbocycles. The SMILES string of the molecule is CC(NC(=O)CSCc1nnc(C(=O)Nc2ccc(F)cc2)s1)c1ccccc1. The standard InChI is InChI=1S/C20H19FN4O2S2/c1-13(14-5-3-2-4-6-14)22-17(26)11-28-12-18-24-25-20(29-18)19(27)23-16-9-7-15(21)8-10-16/h2-10,13H,11-12H2,1H3,(H,22,26)(H,23,27). The van der Waals surface area contributed by atoms with E-state index in [0.717, 1.165) is 16.9 Å². The fourth-order valence-electron chi connectivity index (χ4n) is 2.46. The molecule has 150 valence electrons. The second-order valence-electron chi connectivity index (χ2n) is 6.15. The molecule has 6 nitrogen and oxygen atoms in total. The normalized spacial score (nSPS) is 11.7. The number of nitrogens with one attached hydrogen (secondary N) is 2. The number of rotatable bonds is 8. The summed E-state index contributed by atoms with van der Waals surface area (Å²) in [5, 5.41) is 14.3. The smallest absolute Gasteiger partial charge is 0.286 e. The summed E-state index contributed by atoms with van der Waals surface area (Å²) >= 11 is 2.57. The molecule has 1 heterocycles. The maximum atomic E-state index is 12.9. The van der Waals surface area contributed by atoms with Crippen LogP contribution in [0.4, 0.5) is 10.1 Å². The molecule has 0 spiro atoms. The van der Waals surface area contributed by atoms with E-state index in [9.17, 15) is 14.0 Å². The number of nitrogens with zero attached hydrogens (tertiary/aromatic N) is 2. The van der Waals surface area contributed by atoms with Crippen molar-refractivity contribution in [1.29, 1.82) is 0 Å². The highest BCUT2D eigenvalue weighted by molar-refractivity contribution is 7.99. The Morgan fingerprint density at radius 3 is 2.55 bits per heavy atom. The predicted molar refractivity (Wildman–Crippen MR) is 113 cm³/mol. The topological polar surface area (TPSA) is 84.0 Å². The number of amides is 2. The van der Waals surface area contributed by atoms with Crippen LogP contribution in [0.5, 0.6) is 0 Å². The van der Waals surface area contributed by atoms with Crippen LogP contribution in [0.2, 0.25) is 0 Å². The lowest BCUT2D eigenvalue weighted by Gasteiger charge is -2.13. The average molecular weight is 431 g/mol. The molecule has 0 fully saturated rings. The van der Waals surface area contributed by atoms with Crippen LogP contribution >= 0.6 is 23.1 Å². The largest absolute Gasteiger partial charge is 0.349 e. The Bertz CT molecular complexity index is 964. The molecule has 29 heavy (non-hydrogen) atoms. The molecule has 1 unspecified atom stereocenters. The van der Waals surface area contributed by atoms with Gasteiger partial charge in [0.05, 0.1) is 11.8 Å². The summed E-state index contributed by atoms with van der Waals surface area (Å²) in [5.41, 5.74) is 1.53. The molecule has 1 aromatic heterocycles. The van der Waals surface area contributed by atoms with Gasteiger partial charge in [0.2, 0.25) is 10.9 Å². The van der Waals surface area contributed by atoms with Gasteiger partial charge in [0.1, 0.15) is 10.8 Å². The van der Waals surface area contributed by atoms with Gasteiger partial charge >= 0.3 is 0 Å². The zero-order chi connectivity index (χ0) is 20.6. The van der Waals surface area contributed by atoms with Crippen LogP contribution < -0.4 is 10.6 Å². The second kappa shape index (κ2) is 10.1. The summed E-state index contributed by atoms with van der Waals surface area (Å²) in [7, 11) is 0. The minimum atomic E-state index is -0.403. The zero-order valence-electron chi connectivity index (χ0n) is 15.6. The molecule has 0 radical (unpaired) electrons. The van der Waals surface area contributed by atoms with Crippen molar-refractivity contribution < 1.29 is 14.0 Å². The fraction of sp³-hybridized carbons (Fsp3) is 0.200. The lowest BCUT2D eigenvalue weighted by molar-refractivity contribution is -0.119. The van der Waals surface area contributed by atoms with E-state index in [1.54, 1.807) is 0 Å². The second-order valence-corrected chi connectivity index (χ2v) is 8.20. The van der Waals surface area contributed by atoms with E-state index in [2.05, 4.69) is 20.8 Å². The quantitative estimate of drug-likeness (QED) is 0.564. The Labute approximate surface area is 175 Å². The third-order valence-electron chi connectivity index (χ3n) is 3.90. The van der Waals surface area contributed by atoms with Gasteiger partial charge in [0.25, 0.3) is 5.91 Å². The predicted octanol–water partition coefficient (Wildman–Crippen LogP) is 4.04. The molecule has 0 saturated heterocycles. The maximum absolute atomic E-state index is 12.9. The summed E-state index contributed by atoms with van der Waals surface area (Å²) in [6.45, 7) is 1.94. The fourth-order valence-corrected chi connectivity index (χ4v) is 4.08. The summed E-state index contributed by atoms with van der Waals surface area (Å²) in [5.74, 6) is -0.0759. The number of carbonyl (C=O) groups excluding carboxylic acids is 2. The Morgan fingerprint density at radius 2 is 1.83 bits per heavy atom. The molecular formula is C20H19FN4O2S2. The van der Waals surface area contributed by atoms with Crippen LogP contribution in [0.25, 0.3) is 0 Å². The summed E-state index contributed by atoms with van der Waals surface area (Å²) in [6, 6.07) is 15.2. The van der Waals surface area contributed by atoms with Gasteiger partial charge in [-0.05, 0) is 36.8 Å². The van der Waals surface area contributed by atoms with Crippen LogP contribution in [0.1, 0.15) is 33.3 Å². The highest BCUT2D eigenvalue weighted by atomic mass is 32.2. The zero-order valence-corrected chi connectivity index (χ0v) is 17.2. The summed E-state index contributed by atoms with van der Waals surface area (Å²) in [4.78, 5) is 24.3. The third-order valence-corrected chi connectivity index (χ3v) is 5.95. The van der Waals surface area contributed by atoms with Gasteiger partial charge < -0.3 is 10.6 Å². The van der Waals surface area contributed by atoms with Gasteiger partial charge in [-0.2, -0.15) is 0 Å². The Kier molecular flexibility index (Phi) is 7.31. The molecule has 0 bridgehead atoms. The van der Waals surface area contributed by atoms with Crippen LogP contribution in [0.3, 0.4) is 0 Å². The van der Waals surface area contributed by atoms with E-state index in [-0.39, 0.29) is 28.5 Å². The minimum absolute atomic E-state index is 0.0624. The van der Waals surface area contributed by atoms with Crippen molar-refractivity contribution in [2.75, 3.05) is 11.1 Å². The minimum Gasteiger partial charge on any atom is -0.349 e. The van der Waals surface area contributed by atoms with Crippen LogP contribution in [0.15, 0.2) is 54.6 Å². The first-order chi connectivity index (χ1) is 14.0. The number of anilines is 1. The number of aromatic nitrogens is 2. The maximum Gasteiger partial charge on any atom is 0.286 e. The van der Waals surface area contributed by atoms with Crippen molar-refractivity contribution in [1.82, 2.24) is 15.5 Å². The number of hydrogen-bond acceptors (Lipinski definition) is 6. The summed E-state index contributed by atoms with van der Waals surface area (Å²) < 4.78 is 12.9. The molecule has 3 rings (SSSR count). The Morgan fingerprint density at radius 1 is 1.10 bits per heavy atom. The van der Waals surface area contributed by atoms with Crippen molar-refractivity contribution in [3.63, 3.8) is 0 Å². The van der Waals surface area contributed by atoms with Crippen molar-refractivity contribution in [2.45, 2.75) is 18.7 Å². The van der Waals surface area contributed by atoms with Gasteiger partial charge in [-0.25, -0.2) is 4.39 Å². The molecule has 1 atom stereocenters. The Balaban J connectivity index is 1.43. The average Bonchev–Trinajstić information content (AvgIpc) is 3.19. The van der Waals surface area contributed by atoms with E-state index in [1.165, 1.54) is 36.0 Å². The van der Waals surface area contributed by atoms with Crippen molar-refractivity contribution in [3.8, 4) is 0 Å². The lowest BCUT2D eigenvalue weighted by atomic mass is 10.1. The van der Waals surface area contributed by atoms with Crippen molar-refractivity contribution in [3.05, 3.63) is 76.0 Å². The molecule has 3 aromatic rings. The molecule has 9 heteroatoms. The molecule has 0 aliphatic rings. The summed E-state index contributed by atoms with van der Waals surface area (Å²) in [6.07, 6.45) is 0. The number of carbonyl (C=O) groups is 2. The van der Waals surface area contributed by atoms with Crippen LogP contribution in [-0.2, 0) is 10.5 Å². The van der Waals surface area contributed by atoms with E-state index in [4.69, 9.17) is 0 Å². The van der Waals surface area contributed by atoms with Gasteiger partial charge in [-0.3, -0.25) is 9.59 Å². The number of hydrogen-bond donors (Lipinski definition) is 2. The molecule has 0 aliphatic carbocycles. The van der Waals surface area contributed by atoms with Crippen molar-refractivity contribution >= 4 is 40.6 Å². The van der Waals surface area contributed by atoms with E-state index < -0.39 is 5.91 Å². The van der Waals surface area contributed by atoms with Crippen LogP contribution in [-0.4, -0.2) is 27.8 Å². The van der Waals surface area contributed by atoms with Crippen LogP contribution in [0, 0.1) is 5.82 Å². The monoisotopic (exact) mass is 430 g/mol. The van der Waals surface area contributed by atoms with Gasteiger partial charge in [-0.15, -0.1) is 22.0 Å². The molecule has 2 N–H and O–H groups in total. The van der Waals surface area contributed by atoms with E-state index >= 15 is 0 Å². The highest BCUT2D eigenvalue weighted by Crippen LogP contribution is 2.19. The number of benzene rings is 2. The van der Waals surface area contributed by atoms with Gasteiger partial charge in [0.15, 0.2) is 0 Å². The lowest BCUT2D eigenvalue weighted by Crippen LogP contribution is -2.28. The van der Waals surface area contributed by atoms with E-state index in [0.29, 0.717) is 16.4 Å². The highest BCUT2D eigenvalue weighted by Gasteiger charge is 2.14. The molecule has 2 amide bonds. The molecule has 0 saturated carbocycles. The van der Waals surface area contributed by atoms with Gasteiger partial charge in [-0.1, -0.05) is 41.7 Å². The first-order valence-electron chi connectivity index (χ1n) is 8.82. The molecular weight excluding hydrogens is 411 g/mol. The third kappa shape index (κ3) is 6.37. The first kappa shape index (κ1) is 20.9. The van der Waals surface area contributed by atoms with Gasteiger partial charge in [0, 0.05) is 11.4 Å². The van der Waals surface area contributed by atoms with E-state index in [1.807, 2.05) is 37.3 Å². The molecule has 0 aliphatic heterocycles. The number of thioether (sulfide) groups is 1. The first-order valence-corrected chi connectivity index (χ1v) is 10.8. The Hall–Kier alpha value is -2.78. The van der Waals surface area contributed by atoms with Crippen molar-refractivity contribution in [2.24, 2.45) is 0 Å². The number of halogens is 1.